The molecule has 28 heavy (non-hydrogen) atoms. The third kappa shape index (κ3) is 3.99. The maximum atomic E-state index is 11.9. The van der Waals surface area contributed by atoms with Crippen LogP contribution in [0.2, 0.25) is 5.02 Å². The molecule has 0 saturated heterocycles. The fourth-order valence-electron chi connectivity index (χ4n) is 2.43. The number of anilines is 4. The van der Waals surface area contributed by atoms with Gasteiger partial charge in [0.2, 0.25) is 11.6 Å². The van der Waals surface area contributed by atoms with E-state index in [9.17, 15) is 14.9 Å². The number of para-hydroxylation sites is 2. The number of methoxy groups -OCH3 is 1. The van der Waals surface area contributed by atoms with Crippen LogP contribution in [-0.2, 0) is 4.74 Å². The first-order chi connectivity index (χ1) is 13.5. The molecule has 0 aliphatic carbocycles. The van der Waals surface area contributed by atoms with Gasteiger partial charge in [0, 0.05) is 0 Å². The molecule has 142 valence electrons. The second kappa shape index (κ2) is 8.31. The van der Waals surface area contributed by atoms with Gasteiger partial charge in [0.05, 0.1) is 34.0 Å². The van der Waals surface area contributed by atoms with E-state index in [0.29, 0.717) is 16.4 Å². The number of nitrogens with zero attached hydrogens (tertiary/aromatic N) is 3. The highest BCUT2D eigenvalue weighted by atomic mass is 35.5. The van der Waals surface area contributed by atoms with Crippen LogP contribution >= 0.6 is 11.6 Å². The normalized spacial score (nSPS) is 10.2. The molecule has 0 spiro atoms. The number of nitrogens with one attached hydrogen (secondary N) is 2. The minimum absolute atomic E-state index is 0.0499. The van der Waals surface area contributed by atoms with Crippen molar-refractivity contribution in [2.24, 2.45) is 0 Å². The number of esters is 1. The predicted octanol–water partition coefficient (Wildman–Crippen LogP) is 4.31. The molecule has 0 atom stereocenters. The number of benzene rings is 2. The average molecular weight is 400 g/mol. The van der Waals surface area contributed by atoms with Crippen molar-refractivity contribution in [1.29, 1.82) is 0 Å². The van der Waals surface area contributed by atoms with Crippen molar-refractivity contribution >= 4 is 46.3 Å². The van der Waals surface area contributed by atoms with E-state index in [1.165, 1.54) is 13.2 Å². The largest absolute Gasteiger partial charge is 0.465 e. The summed E-state index contributed by atoms with van der Waals surface area (Å²) in [4.78, 5) is 30.9. The van der Waals surface area contributed by atoms with E-state index in [1.807, 2.05) is 0 Å². The highest BCUT2D eigenvalue weighted by molar-refractivity contribution is 6.33. The van der Waals surface area contributed by atoms with E-state index < -0.39 is 16.6 Å². The molecule has 0 aliphatic heterocycles. The predicted molar refractivity (Wildman–Crippen MR) is 104 cm³/mol. The number of nitro groups is 1. The van der Waals surface area contributed by atoms with Gasteiger partial charge >= 0.3 is 11.7 Å². The first-order valence-electron chi connectivity index (χ1n) is 7.96. The molecule has 0 aliphatic rings. The summed E-state index contributed by atoms with van der Waals surface area (Å²) in [6.07, 6.45) is 1.16. The number of aromatic nitrogens is 2. The summed E-state index contributed by atoms with van der Waals surface area (Å²) in [6.45, 7) is 0. The van der Waals surface area contributed by atoms with E-state index in [1.54, 1.807) is 42.5 Å². The third-order valence-corrected chi connectivity index (χ3v) is 4.05. The standard InChI is InChI=1S/C18H14ClN5O4/c1-28-18(25)11-6-2-4-8-13(11)22-16-15(24(26)27)17(21-10-20-16)23-14-9-5-3-7-12(14)19/h2-10H,1H3,(H2,20,21,22,23). The van der Waals surface area contributed by atoms with Gasteiger partial charge in [0.1, 0.15) is 6.33 Å². The van der Waals surface area contributed by atoms with Gasteiger partial charge in [-0.25, -0.2) is 14.8 Å². The highest BCUT2D eigenvalue weighted by Crippen LogP contribution is 2.35. The Morgan fingerprint density at radius 1 is 1.04 bits per heavy atom. The van der Waals surface area contributed by atoms with E-state index in [0.717, 1.165) is 6.33 Å². The van der Waals surface area contributed by atoms with Crippen LogP contribution in [0.25, 0.3) is 0 Å². The average Bonchev–Trinajstić information content (AvgIpc) is 2.69. The number of carbonyl (C=O) groups is 1. The molecule has 10 heteroatoms. The molecule has 2 aromatic carbocycles. The topological polar surface area (TPSA) is 119 Å². The maximum absolute atomic E-state index is 11.9. The number of hydrogen-bond donors (Lipinski definition) is 2. The summed E-state index contributed by atoms with van der Waals surface area (Å²) < 4.78 is 4.74. The minimum Gasteiger partial charge on any atom is -0.465 e. The van der Waals surface area contributed by atoms with Gasteiger partial charge in [-0.3, -0.25) is 10.1 Å². The van der Waals surface area contributed by atoms with Crippen molar-refractivity contribution in [2.45, 2.75) is 0 Å². The molecule has 1 aromatic heterocycles. The third-order valence-electron chi connectivity index (χ3n) is 3.72. The SMILES string of the molecule is COC(=O)c1ccccc1Nc1ncnc(Nc2ccccc2Cl)c1[N+](=O)[O-]. The lowest BCUT2D eigenvalue weighted by molar-refractivity contribution is -0.383. The molecular weight excluding hydrogens is 386 g/mol. The van der Waals surface area contributed by atoms with E-state index in [2.05, 4.69) is 20.6 Å². The lowest BCUT2D eigenvalue weighted by Gasteiger charge is -2.12. The molecule has 0 saturated carbocycles. The summed E-state index contributed by atoms with van der Waals surface area (Å²) in [5.41, 5.74) is 0.562. The van der Waals surface area contributed by atoms with E-state index >= 15 is 0 Å². The van der Waals surface area contributed by atoms with Crippen LogP contribution in [0, 0.1) is 10.1 Å². The van der Waals surface area contributed by atoms with Gasteiger partial charge in [-0.1, -0.05) is 35.9 Å². The van der Waals surface area contributed by atoms with Gasteiger partial charge < -0.3 is 15.4 Å². The second-order valence-electron chi connectivity index (χ2n) is 5.44. The number of halogens is 1. The summed E-state index contributed by atoms with van der Waals surface area (Å²) in [5.74, 6) is -0.730. The zero-order chi connectivity index (χ0) is 20.1. The van der Waals surface area contributed by atoms with Crippen molar-refractivity contribution in [1.82, 2.24) is 9.97 Å². The highest BCUT2D eigenvalue weighted by Gasteiger charge is 2.25. The number of rotatable bonds is 6. The molecule has 2 N–H and O–H groups in total. The van der Waals surface area contributed by atoms with Crippen molar-refractivity contribution in [3.63, 3.8) is 0 Å². The Hall–Kier alpha value is -3.72. The number of carbonyl (C=O) groups excluding carboxylic acids is 1. The Bertz CT molecular complexity index is 1040. The number of hydrogen-bond acceptors (Lipinski definition) is 8. The molecule has 1 heterocycles. The van der Waals surface area contributed by atoms with Crippen LogP contribution in [-0.4, -0.2) is 28.0 Å². The zero-order valence-corrected chi connectivity index (χ0v) is 15.3. The van der Waals surface area contributed by atoms with Gasteiger partial charge in [-0.15, -0.1) is 0 Å². The molecule has 9 nitrogen and oxygen atoms in total. The quantitative estimate of drug-likeness (QED) is 0.357. The Morgan fingerprint density at radius 2 is 1.61 bits per heavy atom. The van der Waals surface area contributed by atoms with Crippen LogP contribution < -0.4 is 10.6 Å². The van der Waals surface area contributed by atoms with Crippen LogP contribution in [0.5, 0.6) is 0 Å². The van der Waals surface area contributed by atoms with Crippen LogP contribution in [0.15, 0.2) is 54.9 Å². The molecule has 0 bridgehead atoms. The Morgan fingerprint density at radius 3 is 2.21 bits per heavy atom. The molecule has 3 rings (SSSR count). The Kier molecular flexibility index (Phi) is 5.66. The lowest BCUT2D eigenvalue weighted by atomic mass is 10.2. The Balaban J connectivity index is 2.03. The molecule has 0 radical (unpaired) electrons. The fourth-order valence-corrected chi connectivity index (χ4v) is 2.62. The summed E-state index contributed by atoms with van der Waals surface area (Å²) >= 11 is 6.10. The molecule has 0 fully saturated rings. The first kappa shape index (κ1) is 19.1. The van der Waals surface area contributed by atoms with Crippen molar-refractivity contribution in [3.05, 3.63) is 75.6 Å². The van der Waals surface area contributed by atoms with E-state index in [4.69, 9.17) is 16.3 Å². The van der Waals surface area contributed by atoms with Crippen LogP contribution in [0.4, 0.5) is 28.7 Å². The van der Waals surface area contributed by atoms with Crippen molar-refractivity contribution < 1.29 is 14.5 Å². The van der Waals surface area contributed by atoms with Crippen molar-refractivity contribution in [2.75, 3.05) is 17.7 Å². The van der Waals surface area contributed by atoms with Gasteiger partial charge in [0.25, 0.3) is 0 Å². The van der Waals surface area contributed by atoms with Gasteiger partial charge in [0.15, 0.2) is 0 Å². The van der Waals surface area contributed by atoms with Gasteiger partial charge in [-0.2, -0.15) is 0 Å². The summed E-state index contributed by atoms with van der Waals surface area (Å²) in [5, 5.41) is 17.7. The van der Waals surface area contributed by atoms with Crippen molar-refractivity contribution in [3.8, 4) is 0 Å². The molecule has 3 aromatic rings. The number of ether oxygens (including phenoxy) is 1. The molecular formula is C18H14ClN5O4. The fraction of sp³-hybridized carbons (Fsp3) is 0.0556. The lowest BCUT2D eigenvalue weighted by Crippen LogP contribution is -2.09. The summed E-state index contributed by atoms with van der Waals surface area (Å²) in [7, 11) is 1.25. The van der Waals surface area contributed by atoms with Gasteiger partial charge in [-0.05, 0) is 24.3 Å². The monoisotopic (exact) mass is 399 g/mol. The minimum atomic E-state index is -0.623. The first-order valence-corrected chi connectivity index (χ1v) is 8.34. The van der Waals surface area contributed by atoms with Crippen LogP contribution in [0.1, 0.15) is 10.4 Å². The smallest absolute Gasteiger partial charge is 0.353 e. The molecule has 0 amide bonds. The van der Waals surface area contributed by atoms with Crippen LogP contribution in [0.3, 0.4) is 0 Å². The summed E-state index contributed by atoms with van der Waals surface area (Å²) in [6, 6.07) is 13.2. The molecule has 0 unspecified atom stereocenters. The Labute approximate surface area is 164 Å². The zero-order valence-electron chi connectivity index (χ0n) is 14.5. The van der Waals surface area contributed by atoms with E-state index in [-0.39, 0.29) is 17.2 Å². The second-order valence-corrected chi connectivity index (χ2v) is 5.85. The maximum Gasteiger partial charge on any atom is 0.353 e.